The van der Waals surface area contributed by atoms with Crippen molar-refractivity contribution in [1.82, 2.24) is 9.97 Å². The van der Waals surface area contributed by atoms with E-state index < -0.39 is 0 Å². The number of nitrogen functional groups attached to an aromatic ring is 1. The van der Waals surface area contributed by atoms with Crippen molar-refractivity contribution in [2.24, 2.45) is 0 Å². The molecule has 4 heteroatoms. The van der Waals surface area contributed by atoms with Crippen LogP contribution in [0.25, 0.3) is 0 Å². The number of nitrogens with two attached hydrogens (primary N) is 1. The van der Waals surface area contributed by atoms with Crippen LogP contribution in [-0.4, -0.2) is 16.5 Å². The molecule has 1 aliphatic heterocycles. The number of benzene rings is 1. The summed E-state index contributed by atoms with van der Waals surface area (Å²) in [4.78, 5) is 10.8. The van der Waals surface area contributed by atoms with E-state index in [9.17, 15) is 0 Å². The molecular formula is C13H14N4. The van der Waals surface area contributed by atoms with Gasteiger partial charge in [-0.15, -0.1) is 0 Å². The number of aromatic nitrogens is 2. The van der Waals surface area contributed by atoms with Crippen molar-refractivity contribution in [3.05, 3.63) is 48.0 Å². The Morgan fingerprint density at radius 1 is 1.18 bits per heavy atom. The third-order valence-electron chi connectivity index (χ3n) is 3.11. The lowest BCUT2D eigenvalue weighted by Crippen LogP contribution is -2.21. The second-order valence-electron chi connectivity index (χ2n) is 4.18. The first-order valence-corrected chi connectivity index (χ1v) is 5.73. The molecule has 17 heavy (non-hydrogen) atoms. The lowest BCUT2D eigenvalue weighted by molar-refractivity contribution is 0.785. The molecular weight excluding hydrogens is 212 g/mol. The van der Waals surface area contributed by atoms with Crippen LogP contribution in [0.2, 0.25) is 0 Å². The Morgan fingerprint density at radius 2 is 2.00 bits per heavy atom. The quantitative estimate of drug-likeness (QED) is 0.791. The average Bonchev–Trinajstić information content (AvgIpc) is 2.76. The van der Waals surface area contributed by atoms with E-state index in [0.717, 1.165) is 31.0 Å². The second kappa shape index (κ2) is 4.05. The Balaban J connectivity index is 1.87. The fourth-order valence-corrected chi connectivity index (χ4v) is 2.27. The van der Waals surface area contributed by atoms with Crippen molar-refractivity contribution < 1.29 is 0 Å². The van der Waals surface area contributed by atoms with Crippen LogP contribution in [0.5, 0.6) is 0 Å². The fourth-order valence-electron chi connectivity index (χ4n) is 2.27. The molecule has 2 N–H and O–H groups in total. The molecule has 4 nitrogen and oxygen atoms in total. The van der Waals surface area contributed by atoms with E-state index >= 15 is 0 Å². The van der Waals surface area contributed by atoms with Crippen molar-refractivity contribution in [3.63, 3.8) is 0 Å². The van der Waals surface area contributed by atoms with Crippen LogP contribution in [0.4, 0.5) is 11.4 Å². The molecule has 0 aliphatic carbocycles. The van der Waals surface area contributed by atoms with Crippen LogP contribution in [0.15, 0.2) is 36.7 Å². The van der Waals surface area contributed by atoms with Gasteiger partial charge in [0.1, 0.15) is 5.82 Å². The summed E-state index contributed by atoms with van der Waals surface area (Å²) >= 11 is 0. The Hall–Kier alpha value is -2.10. The lowest BCUT2D eigenvalue weighted by atomic mass is 10.1. The van der Waals surface area contributed by atoms with E-state index in [4.69, 9.17) is 5.73 Å². The van der Waals surface area contributed by atoms with E-state index in [0.29, 0.717) is 0 Å². The zero-order chi connectivity index (χ0) is 11.7. The summed E-state index contributed by atoms with van der Waals surface area (Å²) in [5.41, 5.74) is 9.33. The molecule has 1 aromatic carbocycles. The number of rotatable bonds is 2. The maximum Gasteiger partial charge on any atom is 0.147 e. The van der Waals surface area contributed by atoms with Gasteiger partial charge in [-0.1, -0.05) is 6.07 Å². The SMILES string of the molecule is Nc1cccc2c1CCN2Cc1ncccn1. The molecule has 0 atom stereocenters. The summed E-state index contributed by atoms with van der Waals surface area (Å²) in [6.07, 6.45) is 4.56. The monoisotopic (exact) mass is 226 g/mol. The van der Waals surface area contributed by atoms with E-state index in [2.05, 4.69) is 20.9 Å². The summed E-state index contributed by atoms with van der Waals surface area (Å²) in [7, 11) is 0. The maximum atomic E-state index is 5.97. The van der Waals surface area contributed by atoms with Gasteiger partial charge in [-0.25, -0.2) is 9.97 Å². The second-order valence-corrected chi connectivity index (χ2v) is 4.18. The van der Waals surface area contributed by atoms with Gasteiger partial charge in [0.25, 0.3) is 0 Å². The minimum absolute atomic E-state index is 0.747. The van der Waals surface area contributed by atoms with Crippen molar-refractivity contribution in [1.29, 1.82) is 0 Å². The highest BCUT2D eigenvalue weighted by Gasteiger charge is 2.21. The minimum atomic E-state index is 0.747. The number of anilines is 2. The van der Waals surface area contributed by atoms with Gasteiger partial charge >= 0.3 is 0 Å². The van der Waals surface area contributed by atoms with Crippen molar-refractivity contribution in [2.45, 2.75) is 13.0 Å². The molecule has 0 fully saturated rings. The third-order valence-corrected chi connectivity index (χ3v) is 3.11. The van der Waals surface area contributed by atoms with Crippen molar-refractivity contribution in [3.8, 4) is 0 Å². The van der Waals surface area contributed by atoms with Crippen molar-refractivity contribution in [2.75, 3.05) is 17.2 Å². The predicted octanol–water partition coefficient (Wildman–Crippen LogP) is 1.62. The van der Waals surface area contributed by atoms with Gasteiger partial charge in [-0.3, -0.25) is 0 Å². The highest BCUT2D eigenvalue weighted by Crippen LogP contribution is 2.32. The molecule has 1 aromatic heterocycles. The smallest absolute Gasteiger partial charge is 0.147 e. The van der Waals surface area contributed by atoms with Crippen LogP contribution >= 0.6 is 0 Å². The zero-order valence-corrected chi connectivity index (χ0v) is 9.50. The van der Waals surface area contributed by atoms with E-state index in [-0.39, 0.29) is 0 Å². The first-order valence-electron chi connectivity index (χ1n) is 5.73. The Kier molecular flexibility index (Phi) is 2.40. The molecule has 0 spiro atoms. The van der Waals surface area contributed by atoms with Crippen LogP contribution < -0.4 is 10.6 Å². The number of fused-ring (bicyclic) bond motifs is 1. The van der Waals surface area contributed by atoms with Crippen LogP contribution in [0.3, 0.4) is 0 Å². The van der Waals surface area contributed by atoms with E-state index in [1.54, 1.807) is 12.4 Å². The predicted molar refractivity (Wildman–Crippen MR) is 67.6 cm³/mol. The molecule has 0 radical (unpaired) electrons. The van der Waals surface area contributed by atoms with Gasteiger partial charge < -0.3 is 10.6 Å². The molecule has 0 saturated carbocycles. The minimum Gasteiger partial charge on any atom is -0.398 e. The topological polar surface area (TPSA) is 55.0 Å². The van der Waals surface area contributed by atoms with Gasteiger partial charge in [0.05, 0.1) is 6.54 Å². The van der Waals surface area contributed by atoms with Gasteiger partial charge in [0.2, 0.25) is 0 Å². The summed E-state index contributed by atoms with van der Waals surface area (Å²) in [5, 5.41) is 0. The standard InChI is InChI=1S/C13H14N4/c14-11-3-1-4-12-10(11)5-8-17(12)9-13-15-6-2-7-16-13/h1-4,6-7H,5,8-9,14H2. The highest BCUT2D eigenvalue weighted by molar-refractivity contribution is 5.68. The summed E-state index contributed by atoms with van der Waals surface area (Å²) < 4.78 is 0. The number of hydrogen-bond donors (Lipinski definition) is 1. The van der Waals surface area contributed by atoms with Gasteiger partial charge in [-0.05, 0) is 24.6 Å². The summed E-state index contributed by atoms with van der Waals surface area (Å²) in [6.45, 7) is 1.74. The largest absolute Gasteiger partial charge is 0.398 e. The van der Waals surface area contributed by atoms with Crippen LogP contribution in [-0.2, 0) is 13.0 Å². The normalized spacial score (nSPS) is 13.8. The molecule has 86 valence electrons. The first kappa shape index (κ1) is 10.1. The molecule has 2 heterocycles. The van der Waals surface area contributed by atoms with E-state index in [1.165, 1.54) is 11.3 Å². The molecule has 0 saturated heterocycles. The Bertz CT molecular complexity index is 524. The molecule has 3 rings (SSSR count). The maximum absolute atomic E-state index is 5.97. The summed E-state index contributed by atoms with van der Waals surface area (Å²) in [6, 6.07) is 7.90. The van der Waals surface area contributed by atoms with Gasteiger partial charge in [0.15, 0.2) is 0 Å². The Labute approximate surface area is 100 Å². The fraction of sp³-hybridized carbons (Fsp3) is 0.231. The average molecular weight is 226 g/mol. The molecule has 2 aromatic rings. The molecule has 1 aliphatic rings. The highest BCUT2D eigenvalue weighted by atomic mass is 15.2. The van der Waals surface area contributed by atoms with Crippen LogP contribution in [0.1, 0.15) is 11.4 Å². The van der Waals surface area contributed by atoms with Crippen LogP contribution in [0, 0.1) is 0 Å². The number of nitrogens with zero attached hydrogens (tertiary/aromatic N) is 3. The molecule has 0 bridgehead atoms. The molecule has 0 amide bonds. The van der Waals surface area contributed by atoms with Crippen molar-refractivity contribution >= 4 is 11.4 Å². The third kappa shape index (κ3) is 1.82. The Morgan fingerprint density at radius 3 is 2.82 bits per heavy atom. The van der Waals surface area contributed by atoms with E-state index in [1.807, 2.05) is 18.2 Å². The zero-order valence-electron chi connectivity index (χ0n) is 9.50. The molecule has 0 unspecified atom stereocenters. The van der Waals surface area contributed by atoms with Gasteiger partial charge in [0, 0.05) is 35.9 Å². The lowest BCUT2D eigenvalue weighted by Gasteiger charge is -2.18. The number of hydrogen-bond acceptors (Lipinski definition) is 4. The first-order chi connectivity index (χ1) is 8.34. The summed E-state index contributed by atoms with van der Waals surface area (Å²) in [5.74, 6) is 0.850. The van der Waals surface area contributed by atoms with Gasteiger partial charge in [-0.2, -0.15) is 0 Å².